The molecule has 0 fully saturated rings. The third-order valence-electron chi connectivity index (χ3n) is 9.30. The van der Waals surface area contributed by atoms with Crippen molar-refractivity contribution in [3.8, 4) is 5.75 Å². The van der Waals surface area contributed by atoms with E-state index in [1.165, 1.54) is 17.5 Å². The van der Waals surface area contributed by atoms with E-state index in [0.717, 1.165) is 23.3 Å². The summed E-state index contributed by atoms with van der Waals surface area (Å²) in [6.45, 7) is 11.3. The zero-order chi connectivity index (χ0) is 34.6. The number of fused-ring (bicyclic) bond motifs is 2. The molecule has 1 aliphatic heterocycles. The number of carboxylic acid groups (broad SMARTS) is 1. The first-order valence-corrected chi connectivity index (χ1v) is 16.8. The molecule has 1 N–H and O–H groups in total. The zero-order valence-electron chi connectivity index (χ0n) is 27.4. The number of halogens is 3. The zero-order valence-corrected chi connectivity index (χ0v) is 28.3. The number of rotatable bonds is 8. The van der Waals surface area contributed by atoms with Gasteiger partial charge in [0.25, 0.3) is 0 Å². The fraction of sp³-hybridized carbons (Fsp3) is 0.441. The number of hydrogen-bond acceptors (Lipinski definition) is 6. The van der Waals surface area contributed by atoms with Crippen molar-refractivity contribution in [2.24, 2.45) is 11.3 Å². The molecule has 0 unspecified atom stereocenters. The van der Waals surface area contributed by atoms with Crippen LogP contribution in [0.5, 0.6) is 5.75 Å². The summed E-state index contributed by atoms with van der Waals surface area (Å²) in [5.41, 5.74) is 2.68. The molecule has 0 aliphatic carbocycles. The highest BCUT2D eigenvalue weighted by Gasteiger charge is 2.41. The first kappa shape index (κ1) is 34.4. The lowest BCUT2D eigenvalue weighted by atomic mass is 9.69. The van der Waals surface area contributed by atoms with Crippen LogP contribution >= 0.6 is 0 Å². The molecule has 47 heavy (non-hydrogen) atoms. The summed E-state index contributed by atoms with van der Waals surface area (Å²) in [6, 6.07) is 10.2. The number of carboxylic acids is 1. The van der Waals surface area contributed by atoms with E-state index in [-0.39, 0.29) is 23.9 Å². The maximum absolute atomic E-state index is 14.0. The van der Waals surface area contributed by atoms with E-state index in [1.807, 2.05) is 52.0 Å². The summed E-state index contributed by atoms with van der Waals surface area (Å²) in [6.07, 6.45) is -4.39. The first-order valence-electron chi connectivity index (χ1n) is 15.4. The predicted molar refractivity (Wildman–Crippen MR) is 171 cm³/mol. The summed E-state index contributed by atoms with van der Waals surface area (Å²) < 4.78 is 77.5. The molecule has 0 radical (unpaired) electrons. The number of aryl methyl sites for hydroxylation is 3. The second-order valence-electron chi connectivity index (χ2n) is 13.0. The van der Waals surface area contributed by atoms with Gasteiger partial charge in [-0.3, -0.25) is 4.79 Å². The quantitative estimate of drug-likeness (QED) is 0.221. The van der Waals surface area contributed by atoms with Crippen LogP contribution in [0.2, 0.25) is 0 Å². The molecule has 0 spiro atoms. The molecule has 2 atom stereocenters. The van der Waals surface area contributed by atoms with Crippen LogP contribution in [0.15, 0.2) is 47.4 Å². The van der Waals surface area contributed by atoms with Crippen LogP contribution in [-0.4, -0.2) is 52.4 Å². The van der Waals surface area contributed by atoms with Gasteiger partial charge >= 0.3 is 12.1 Å². The third-order valence-corrected chi connectivity index (χ3v) is 11.2. The Bertz CT molecular complexity index is 1970. The number of hydrogen-bond donors (Lipinski definition) is 1. The summed E-state index contributed by atoms with van der Waals surface area (Å²) in [4.78, 5) is 12.5. The maximum Gasteiger partial charge on any atom is 0.416 e. The Morgan fingerprint density at radius 1 is 1.13 bits per heavy atom. The number of nitrogens with zero attached hydrogens (tertiary/aromatic N) is 4. The monoisotopic (exact) mass is 672 g/mol. The molecule has 1 aromatic heterocycles. The highest BCUT2D eigenvalue weighted by Crippen LogP contribution is 2.46. The number of methoxy groups -OCH3 is 1. The number of benzene rings is 3. The molecule has 1 aliphatic rings. The lowest BCUT2D eigenvalue weighted by Crippen LogP contribution is -2.34. The van der Waals surface area contributed by atoms with E-state index >= 15 is 0 Å². The summed E-state index contributed by atoms with van der Waals surface area (Å²) in [5, 5.41) is 19.1. The van der Waals surface area contributed by atoms with E-state index < -0.39 is 39.1 Å². The van der Waals surface area contributed by atoms with Crippen LogP contribution in [0.4, 0.5) is 13.2 Å². The van der Waals surface area contributed by atoms with Gasteiger partial charge in [-0.1, -0.05) is 36.4 Å². The third kappa shape index (κ3) is 6.11. The van der Waals surface area contributed by atoms with Gasteiger partial charge < -0.3 is 9.84 Å². The van der Waals surface area contributed by atoms with Crippen molar-refractivity contribution >= 4 is 27.0 Å². The number of alkyl halides is 3. The molecule has 0 saturated heterocycles. The molecular weight excluding hydrogens is 633 g/mol. The maximum atomic E-state index is 14.0. The van der Waals surface area contributed by atoms with Gasteiger partial charge in [-0.05, 0) is 98.5 Å². The second-order valence-corrected chi connectivity index (χ2v) is 14.9. The standard InChI is InChI=1S/C34H39F3N4O5S/c1-8-41-31-27(46-7)16-26(21(4)30(31)38-39-41)29(33(5,6)32(42)43)23-10-9-20(3)24(14-23)18-40-17-19(2)13-22-11-12-25(34(35,36)37)15-28(22)47(40,44)45/h9-12,14-16,19,29H,8,13,17-18H2,1-7H3,(H,42,43)/t19-,29-/m0/s1. The number of sulfonamides is 1. The number of aliphatic carboxylic acids is 1. The second kappa shape index (κ2) is 12.2. The van der Waals surface area contributed by atoms with E-state index in [2.05, 4.69) is 10.3 Å². The molecule has 0 amide bonds. The molecular formula is C34H39F3N4O5S. The van der Waals surface area contributed by atoms with Gasteiger partial charge in [0.05, 0.1) is 23.0 Å². The van der Waals surface area contributed by atoms with Gasteiger partial charge in [0.1, 0.15) is 16.8 Å². The van der Waals surface area contributed by atoms with Gasteiger partial charge in [0.15, 0.2) is 0 Å². The van der Waals surface area contributed by atoms with Crippen molar-refractivity contribution < 1.29 is 36.2 Å². The summed E-state index contributed by atoms with van der Waals surface area (Å²) in [7, 11) is -2.78. The smallest absolute Gasteiger partial charge is 0.416 e. The molecule has 3 aromatic carbocycles. The van der Waals surface area contributed by atoms with Crippen LogP contribution in [0.25, 0.3) is 11.0 Å². The minimum Gasteiger partial charge on any atom is -0.494 e. The average molecular weight is 673 g/mol. The predicted octanol–water partition coefficient (Wildman–Crippen LogP) is 6.72. The molecule has 13 heteroatoms. The lowest BCUT2D eigenvalue weighted by Gasteiger charge is -2.33. The molecule has 5 rings (SSSR count). The van der Waals surface area contributed by atoms with E-state index in [1.54, 1.807) is 18.5 Å². The molecule has 0 bridgehead atoms. The Morgan fingerprint density at radius 3 is 2.45 bits per heavy atom. The fourth-order valence-electron chi connectivity index (χ4n) is 6.59. The Hall–Kier alpha value is -3.97. The van der Waals surface area contributed by atoms with Gasteiger partial charge in [-0.2, -0.15) is 17.5 Å². The Kier molecular flexibility index (Phi) is 8.95. The molecule has 4 aromatic rings. The summed E-state index contributed by atoms with van der Waals surface area (Å²) >= 11 is 0. The van der Waals surface area contributed by atoms with Gasteiger partial charge in [-0.25, -0.2) is 13.1 Å². The first-order chi connectivity index (χ1) is 21.9. The Balaban J connectivity index is 1.65. The summed E-state index contributed by atoms with van der Waals surface area (Å²) in [5.74, 6) is -1.43. The van der Waals surface area contributed by atoms with Crippen molar-refractivity contribution in [2.75, 3.05) is 13.7 Å². The minimum atomic E-state index is -4.70. The highest BCUT2D eigenvalue weighted by molar-refractivity contribution is 7.89. The van der Waals surface area contributed by atoms with Crippen molar-refractivity contribution in [3.63, 3.8) is 0 Å². The van der Waals surface area contributed by atoms with E-state index in [0.29, 0.717) is 52.0 Å². The molecule has 0 saturated carbocycles. The Labute approximate surface area is 272 Å². The highest BCUT2D eigenvalue weighted by atomic mass is 32.2. The fourth-order valence-corrected chi connectivity index (χ4v) is 8.39. The lowest BCUT2D eigenvalue weighted by molar-refractivity contribution is -0.147. The van der Waals surface area contributed by atoms with Crippen molar-refractivity contribution in [2.45, 2.75) is 78.0 Å². The Morgan fingerprint density at radius 2 is 1.83 bits per heavy atom. The number of carbonyl (C=O) groups is 1. The van der Waals surface area contributed by atoms with Gasteiger partial charge in [0.2, 0.25) is 10.0 Å². The van der Waals surface area contributed by atoms with Crippen LogP contribution in [0.1, 0.15) is 72.6 Å². The minimum absolute atomic E-state index is 0.103. The van der Waals surface area contributed by atoms with Crippen LogP contribution in [0, 0.1) is 25.2 Å². The van der Waals surface area contributed by atoms with E-state index in [9.17, 15) is 31.5 Å². The van der Waals surface area contributed by atoms with Gasteiger partial charge in [0, 0.05) is 25.6 Å². The van der Waals surface area contributed by atoms with Crippen molar-refractivity contribution in [3.05, 3.63) is 81.4 Å². The van der Waals surface area contributed by atoms with Crippen LogP contribution in [-0.2, 0) is 40.5 Å². The van der Waals surface area contributed by atoms with Crippen LogP contribution in [0.3, 0.4) is 0 Å². The number of aromatic nitrogens is 3. The van der Waals surface area contributed by atoms with Gasteiger partial charge in [-0.15, -0.1) is 5.10 Å². The van der Waals surface area contributed by atoms with E-state index in [4.69, 9.17) is 4.74 Å². The topological polar surface area (TPSA) is 115 Å². The molecule has 252 valence electrons. The molecule has 2 heterocycles. The molecule has 9 nitrogen and oxygen atoms in total. The van der Waals surface area contributed by atoms with Crippen molar-refractivity contribution in [1.29, 1.82) is 0 Å². The average Bonchev–Trinajstić information content (AvgIpc) is 3.40. The SMILES string of the molecule is CCn1nnc2c(C)c([C@H](c3ccc(C)c(CN4C[C@@H](C)Cc5ccc(C(F)(F)F)cc5S4(=O)=O)c3)C(C)(C)C(=O)O)cc(OC)c21. The largest absolute Gasteiger partial charge is 0.494 e. The van der Waals surface area contributed by atoms with Crippen LogP contribution < -0.4 is 4.74 Å². The normalized spacial score (nSPS) is 17.7. The number of ether oxygens (including phenoxy) is 1. The van der Waals surface area contributed by atoms with Crippen molar-refractivity contribution in [1.82, 2.24) is 19.3 Å².